The fourth-order valence-corrected chi connectivity index (χ4v) is 5.80. The van der Waals surface area contributed by atoms with Crippen LogP contribution in [0.1, 0.15) is 0 Å². The number of nitrogens with two attached hydrogens (primary N) is 1. The molecule has 1 fully saturated rings. The number of benzene rings is 2. The van der Waals surface area contributed by atoms with Crippen molar-refractivity contribution in [2.45, 2.75) is 11.4 Å². The summed E-state index contributed by atoms with van der Waals surface area (Å²) in [6, 6.07) is 13.5. The average Bonchev–Trinajstić information content (AvgIpc) is 3.48. The van der Waals surface area contributed by atoms with Crippen LogP contribution in [-0.2, 0) is 26.2 Å². The minimum atomic E-state index is -3.78. The summed E-state index contributed by atoms with van der Waals surface area (Å²) >= 11 is 1.18. The molecule has 2 aromatic heterocycles. The third-order valence-electron chi connectivity index (χ3n) is 5.79. The molecule has 2 aromatic carbocycles. The molecule has 0 unspecified atom stereocenters. The van der Waals surface area contributed by atoms with E-state index in [-0.39, 0.29) is 34.9 Å². The van der Waals surface area contributed by atoms with Gasteiger partial charge in [0.1, 0.15) is 13.1 Å². The molecule has 10 nitrogen and oxygen atoms in total. The Kier molecular flexibility index (Phi) is 5.91. The largest absolute Gasteiger partial charge is 0.399 e. The Labute approximate surface area is 205 Å². The second-order valence-electron chi connectivity index (χ2n) is 8.06. The molecule has 5 rings (SSSR count). The van der Waals surface area contributed by atoms with E-state index in [4.69, 9.17) is 5.73 Å². The zero-order valence-corrected chi connectivity index (χ0v) is 20.1. The fraction of sp³-hybridized carbons (Fsp3) is 0.174. The summed E-state index contributed by atoms with van der Waals surface area (Å²) in [6.45, 7) is 0.773. The molecule has 3 heterocycles. The van der Waals surface area contributed by atoms with Crippen LogP contribution in [0.5, 0.6) is 0 Å². The molecule has 0 atom stereocenters. The number of nitrogens with zero attached hydrogens (tertiary/aromatic N) is 4. The molecular weight excluding hydrogens is 488 g/mol. The molecule has 1 aliphatic heterocycles. The third-order valence-corrected chi connectivity index (χ3v) is 7.96. The highest BCUT2D eigenvalue weighted by molar-refractivity contribution is 7.93. The van der Waals surface area contributed by atoms with Gasteiger partial charge in [0.25, 0.3) is 10.0 Å². The Morgan fingerprint density at radius 3 is 2.63 bits per heavy atom. The van der Waals surface area contributed by atoms with E-state index in [1.54, 1.807) is 33.4 Å². The summed E-state index contributed by atoms with van der Waals surface area (Å²) in [6.07, 6.45) is 3.34. The van der Waals surface area contributed by atoms with Gasteiger partial charge in [0, 0.05) is 53.1 Å². The van der Waals surface area contributed by atoms with Gasteiger partial charge in [-0.15, -0.1) is 11.3 Å². The maximum absolute atomic E-state index is 12.9. The topological polar surface area (TPSA) is 131 Å². The van der Waals surface area contributed by atoms with Crippen molar-refractivity contribution >= 4 is 60.6 Å². The number of rotatable bonds is 6. The molecule has 0 bridgehead atoms. The Bertz CT molecular complexity index is 1500. The first kappa shape index (κ1) is 22.9. The minimum absolute atomic E-state index is 0.0450. The molecule has 12 heteroatoms. The fourth-order valence-electron chi connectivity index (χ4n) is 4.01. The number of nitrogen functional groups attached to an aromatic ring is 1. The van der Waals surface area contributed by atoms with Crippen molar-refractivity contribution in [2.75, 3.05) is 35.0 Å². The number of carbonyl (C=O) groups excluding carboxylic acids is 2. The summed E-state index contributed by atoms with van der Waals surface area (Å²) < 4.78 is 29.3. The Hall–Kier alpha value is -3.90. The molecule has 3 N–H and O–H groups in total. The number of carbonyl (C=O) groups is 2. The summed E-state index contributed by atoms with van der Waals surface area (Å²) in [7, 11) is -3.78. The van der Waals surface area contributed by atoms with Crippen LogP contribution < -0.4 is 15.4 Å². The molecular formula is C23H22N6O4S2. The number of fused-ring (bicyclic) bond motifs is 1. The first-order valence-electron chi connectivity index (χ1n) is 10.7. The second-order valence-corrected chi connectivity index (χ2v) is 10.6. The lowest BCUT2D eigenvalue weighted by molar-refractivity contribution is -0.137. The number of thiazole rings is 1. The second kappa shape index (κ2) is 9.04. The van der Waals surface area contributed by atoms with Crippen molar-refractivity contribution in [3.8, 4) is 0 Å². The van der Waals surface area contributed by atoms with E-state index in [0.717, 1.165) is 10.9 Å². The van der Waals surface area contributed by atoms with Gasteiger partial charge in [0.15, 0.2) is 5.13 Å². The van der Waals surface area contributed by atoms with Crippen molar-refractivity contribution < 1.29 is 18.0 Å². The van der Waals surface area contributed by atoms with Crippen LogP contribution in [0.15, 0.2) is 71.2 Å². The van der Waals surface area contributed by atoms with Crippen LogP contribution >= 0.6 is 11.3 Å². The molecule has 4 aromatic rings. The lowest BCUT2D eigenvalue weighted by atomic mass is 10.2. The van der Waals surface area contributed by atoms with E-state index in [9.17, 15) is 18.0 Å². The molecule has 35 heavy (non-hydrogen) atoms. The highest BCUT2D eigenvalue weighted by Gasteiger charge is 2.28. The van der Waals surface area contributed by atoms with E-state index in [0.29, 0.717) is 24.5 Å². The Balaban J connectivity index is 1.23. The summed E-state index contributed by atoms with van der Waals surface area (Å²) in [5, 5.41) is 2.90. The zero-order valence-electron chi connectivity index (χ0n) is 18.5. The highest BCUT2D eigenvalue weighted by atomic mass is 32.2. The van der Waals surface area contributed by atoms with Crippen LogP contribution in [0.2, 0.25) is 0 Å². The number of sulfonamides is 1. The van der Waals surface area contributed by atoms with Gasteiger partial charge in [-0.3, -0.25) is 14.3 Å². The summed E-state index contributed by atoms with van der Waals surface area (Å²) in [5.74, 6) is -0.381. The van der Waals surface area contributed by atoms with Crippen LogP contribution in [0.4, 0.5) is 16.5 Å². The predicted octanol–water partition coefficient (Wildman–Crippen LogP) is 2.36. The number of anilines is 3. The molecule has 2 amide bonds. The maximum atomic E-state index is 12.9. The van der Waals surface area contributed by atoms with E-state index in [1.807, 2.05) is 29.0 Å². The number of hydrogen-bond donors (Lipinski definition) is 2. The molecule has 0 radical (unpaired) electrons. The van der Waals surface area contributed by atoms with E-state index < -0.39 is 10.0 Å². The molecule has 180 valence electrons. The van der Waals surface area contributed by atoms with Crippen molar-refractivity contribution in [3.63, 3.8) is 0 Å². The summed E-state index contributed by atoms with van der Waals surface area (Å²) in [5.41, 5.74) is 7.95. The Morgan fingerprint density at radius 2 is 1.91 bits per heavy atom. The van der Waals surface area contributed by atoms with Crippen LogP contribution in [-0.4, -0.2) is 54.3 Å². The maximum Gasteiger partial charge on any atom is 0.263 e. The van der Waals surface area contributed by atoms with Gasteiger partial charge < -0.3 is 20.1 Å². The van der Waals surface area contributed by atoms with Crippen LogP contribution in [0, 0.1) is 0 Å². The number of piperazine rings is 1. The van der Waals surface area contributed by atoms with Gasteiger partial charge in [-0.05, 0) is 48.5 Å². The van der Waals surface area contributed by atoms with Gasteiger partial charge >= 0.3 is 0 Å². The number of hydrogen-bond acceptors (Lipinski definition) is 7. The van der Waals surface area contributed by atoms with Gasteiger partial charge in [0.05, 0.1) is 4.90 Å². The quantitative estimate of drug-likeness (QED) is 0.383. The average molecular weight is 511 g/mol. The minimum Gasteiger partial charge on any atom is -0.399 e. The zero-order chi connectivity index (χ0) is 24.6. The van der Waals surface area contributed by atoms with Crippen molar-refractivity contribution in [2.24, 2.45) is 0 Å². The SMILES string of the molecule is Nc1ccc2c(ccn2CC(=O)N2CCN(c3ccc(S(=O)(=O)Nc4nccs4)cc3)C(=O)C2)c1. The van der Waals surface area contributed by atoms with Gasteiger partial charge in [-0.25, -0.2) is 13.4 Å². The molecule has 0 saturated carbocycles. The number of amides is 2. The first-order chi connectivity index (χ1) is 16.8. The molecule has 1 saturated heterocycles. The molecule has 1 aliphatic rings. The lowest BCUT2D eigenvalue weighted by Crippen LogP contribution is -2.53. The van der Waals surface area contributed by atoms with Crippen molar-refractivity contribution in [1.29, 1.82) is 0 Å². The standard InChI is InChI=1S/C23H22N6O4S2/c24-17-1-6-20-16(13-17)7-9-27(20)14-21(30)28-10-11-29(22(31)15-28)18-2-4-19(5-3-18)35(32,33)26-23-25-8-12-34-23/h1-9,12-13H,10-11,14-15,24H2,(H,25,26). The van der Waals surface area contributed by atoms with Crippen molar-refractivity contribution in [3.05, 3.63) is 66.3 Å². The van der Waals surface area contributed by atoms with Crippen LogP contribution in [0.25, 0.3) is 10.9 Å². The first-order valence-corrected chi connectivity index (χ1v) is 13.1. The molecule has 0 aliphatic carbocycles. The Morgan fingerprint density at radius 1 is 1.11 bits per heavy atom. The monoisotopic (exact) mass is 510 g/mol. The highest BCUT2D eigenvalue weighted by Crippen LogP contribution is 2.23. The van der Waals surface area contributed by atoms with E-state index in [2.05, 4.69) is 9.71 Å². The summed E-state index contributed by atoms with van der Waals surface area (Å²) in [4.78, 5) is 32.8. The van der Waals surface area contributed by atoms with Crippen LogP contribution in [0.3, 0.4) is 0 Å². The normalized spacial score (nSPS) is 14.5. The third kappa shape index (κ3) is 4.70. The lowest BCUT2D eigenvalue weighted by Gasteiger charge is -2.34. The van der Waals surface area contributed by atoms with E-state index in [1.165, 1.54) is 29.7 Å². The predicted molar refractivity (Wildman–Crippen MR) is 135 cm³/mol. The van der Waals surface area contributed by atoms with Gasteiger partial charge in [0.2, 0.25) is 11.8 Å². The molecule has 0 spiro atoms. The number of aromatic nitrogens is 2. The number of nitrogens with one attached hydrogen (secondary N) is 1. The van der Waals surface area contributed by atoms with Gasteiger partial charge in [-0.2, -0.15) is 0 Å². The smallest absolute Gasteiger partial charge is 0.263 e. The van der Waals surface area contributed by atoms with Gasteiger partial charge in [-0.1, -0.05) is 0 Å². The van der Waals surface area contributed by atoms with Crippen molar-refractivity contribution in [1.82, 2.24) is 14.5 Å². The van der Waals surface area contributed by atoms with E-state index >= 15 is 0 Å².